The largest absolute Gasteiger partial charge is 0.481 e. The Morgan fingerprint density at radius 1 is 1.23 bits per heavy atom. The topological polar surface area (TPSA) is 116 Å². The molecule has 0 radical (unpaired) electrons. The SMILES string of the molecule is CC(C)(C)NS(=O)(=O)c1ccccc1NC(=O)N1CCCC(C(=O)O)C1. The van der Waals surface area contributed by atoms with Crippen LogP contribution < -0.4 is 10.0 Å². The van der Waals surface area contributed by atoms with Crippen molar-refractivity contribution in [3.8, 4) is 0 Å². The van der Waals surface area contributed by atoms with Gasteiger partial charge in [0.15, 0.2) is 0 Å². The molecule has 26 heavy (non-hydrogen) atoms. The van der Waals surface area contributed by atoms with Gasteiger partial charge in [-0.3, -0.25) is 4.79 Å². The van der Waals surface area contributed by atoms with Gasteiger partial charge >= 0.3 is 12.0 Å². The van der Waals surface area contributed by atoms with Gasteiger partial charge in [0.25, 0.3) is 0 Å². The second-order valence-corrected chi connectivity index (χ2v) is 9.06. The molecule has 144 valence electrons. The number of likely N-dealkylation sites (tertiary alicyclic amines) is 1. The lowest BCUT2D eigenvalue weighted by molar-refractivity contribution is -0.143. The number of amides is 2. The van der Waals surface area contributed by atoms with Crippen LogP contribution in [0.4, 0.5) is 10.5 Å². The molecule has 1 heterocycles. The molecule has 1 aliphatic heterocycles. The average Bonchev–Trinajstić information content (AvgIpc) is 2.53. The zero-order valence-corrected chi connectivity index (χ0v) is 16.0. The Bertz CT molecular complexity index is 786. The molecular formula is C17H25N3O5S. The molecule has 1 atom stereocenters. The van der Waals surface area contributed by atoms with Crippen molar-refractivity contribution >= 4 is 27.7 Å². The molecule has 0 bridgehead atoms. The Kier molecular flexibility index (Phi) is 5.92. The van der Waals surface area contributed by atoms with Crippen molar-refractivity contribution in [1.29, 1.82) is 0 Å². The van der Waals surface area contributed by atoms with Gasteiger partial charge in [0, 0.05) is 18.6 Å². The Morgan fingerprint density at radius 2 is 1.88 bits per heavy atom. The standard InChI is InChI=1S/C17H25N3O5S/c1-17(2,3)19-26(24,25)14-9-5-4-8-13(14)18-16(23)20-10-6-7-12(11-20)15(21)22/h4-5,8-9,12,19H,6-7,10-11H2,1-3H3,(H,18,23)(H,21,22). The number of hydrogen-bond acceptors (Lipinski definition) is 4. The van der Waals surface area contributed by atoms with E-state index in [0.29, 0.717) is 19.4 Å². The number of urea groups is 1. The van der Waals surface area contributed by atoms with Gasteiger partial charge in [0.05, 0.1) is 11.6 Å². The van der Waals surface area contributed by atoms with Gasteiger partial charge in [0.1, 0.15) is 4.90 Å². The molecule has 3 N–H and O–H groups in total. The summed E-state index contributed by atoms with van der Waals surface area (Å²) in [6.07, 6.45) is 1.12. The van der Waals surface area contributed by atoms with Crippen LogP contribution in [0.1, 0.15) is 33.6 Å². The maximum Gasteiger partial charge on any atom is 0.321 e. The highest BCUT2D eigenvalue weighted by Gasteiger charge is 2.30. The van der Waals surface area contributed by atoms with Crippen molar-refractivity contribution in [1.82, 2.24) is 9.62 Å². The molecule has 2 rings (SSSR count). The number of nitrogens with one attached hydrogen (secondary N) is 2. The van der Waals surface area contributed by atoms with Gasteiger partial charge in [-0.15, -0.1) is 0 Å². The fourth-order valence-corrected chi connectivity index (χ4v) is 4.40. The van der Waals surface area contributed by atoms with E-state index in [1.54, 1.807) is 32.9 Å². The van der Waals surface area contributed by atoms with E-state index in [1.807, 2.05) is 0 Å². The Balaban J connectivity index is 2.20. The molecule has 0 spiro atoms. The van der Waals surface area contributed by atoms with Crippen LogP contribution in [0.3, 0.4) is 0 Å². The molecule has 1 aromatic rings. The zero-order chi connectivity index (χ0) is 19.5. The Morgan fingerprint density at radius 3 is 2.50 bits per heavy atom. The van der Waals surface area contributed by atoms with Crippen LogP contribution in [0.25, 0.3) is 0 Å². The first-order valence-electron chi connectivity index (χ1n) is 8.41. The maximum atomic E-state index is 12.6. The van der Waals surface area contributed by atoms with E-state index in [9.17, 15) is 18.0 Å². The number of rotatable bonds is 4. The normalized spacial score (nSPS) is 18.4. The number of anilines is 1. The molecule has 0 aromatic heterocycles. The van der Waals surface area contributed by atoms with Crippen LogP contribution >= 0.6 is 0 Å². The summed E-state index contributed by atoms with van der Waals surface area (Å²) in [6.45, 7) is 5.73. The third-order valence-corrected chi connectivity index (χ3v) is 5.73. The molecule has 1 unspecified atom stereocenters. The van der Waals surface area contributed by atoms with E-state index < -0.39 is 33.5 Å². The number of carbonyl (C=O) groups is 2. The summed E-state index contributed by atoms with van der Waals surface area (Å²) in [4.78, 5) is 25.0. The highest BCUT2D eigenvalue weighted by molar-refractivity contribution is 7.89. The number of para-hydroxylation sites is 1. The molecule has 0 aliphatic carbocycles. The van der Waals surface area contributed by atoms with Gasteiger partial charge in [0.2, 0.25) is 10.0 Å². The quantitative estimate of drug-likeness (QED) is 0.736. The van der Waals surface area contributed by atoms with Crippen LogP contribution in [0.15, 0.2) is 29.2 Å². The molecule has 1 fully saturated rings. The summed E-state index contributed by atoms with van der Waals surface area (Å²) >= 11 is 0. The third-order valence-electron chi connectivity index (χ3n) is 3.92. The monoisotopic (exact) mass is 383 g/mol. The van der Waals surface area contributed by atoms with Crippen LogP contribution in [0.2, 0.25) is 0 Å². The lowest BCUT2D eigenvalue weighted by Crippen LogP contribution is -2.44. The van der Waals surface area contributed by atoms with Crippen molar-refractivity contribution in [2.45, 2.75) is 44.0 Å². The van der Waals surface area contributed by atoms with E-state index in [1.165, 1.54) is 17.0 Å². The van der Waals surface area contributed by atoms with Crippen molar-refractivity contribution in [3.05, 3.63) is 24.3 Å². The number of carboxylic acids is 1. The molecule has 2 amide bonds. The lowest BCUT2D eigenvalue weighted by atomic mass is 9.99. The van der Waals surface area contributed by atoms with Crippen molar-refractivity contribution < 1.29 is 23.1 Å². The summed E-state index contributed by atoms with van der Waals surface area (Å²) < 4.78 is 27.8. The number of benzene rings is 1. The van der Waals surface area contributed by atoms with Crippen molar-refractivity contribution in [2.24, 2.45) is 5.92 Å². The summed E-state index contributed by atoms with van der Waals surface area (Å²) in [7, 11) is -3.83. The molecular weight excluding hydrogens is 358 g/mol. The number of carbonyl (C=O) groups excluding carboxylic acids is 1. The lowest BCUT2D eigenvalue weighted by Gasteiger charge is -2.31. The fourth-order valence-electron chi connectivity index (χ4n) is 2.82. The highest BCUT2D eigenvalue weighted by atomic mass is 32.2. The number of hydrogen-bond donors (Lipinski definition) is 3. The van der Waals surface area contributed by atoms with Crippen LogP contribution in [0, 0.1) is 5.92 Å². The third kappa shape index (κ3) is 5.18. The summed E-state index contributed by atoms with van der Waals surface area (Å²) in [5, 5.41) is 11.7. The van der Waals surface area contributed by atoms with E-state index >= 15 is 0 Å². The minimum atomic E-state index is -3.83. The first-order chi connectivity index (χ1) is 12.0. The van der Waals surface area contributed by atoms with Crippen molar-refractivity contribution in [3.63, 3.8) is 0 Å². The van der Waals surface area contributed by atoms with Gasteiger partial charge < -0.3 is 15.3 Å². The van der Waals surface area contributed by atoms with Crippen LogP contribution in [-0.2, 0) is 14.8 Å². The number of aliphatic carboxylic acids is 1. The molecule has 1 aliphatic rings. The molecule has 1 saturated heterocycles. The minimum Gasteiger partial charge on any atom is -0.481 e. The Labute approximate surface area is 153 Å². The van der Waals surface area contributed by atoms with Gasteiger partial charge in [-0.1, -0.05) is 12.1 Å². The van der Waals surface area contributed by atoms with Crippen LogP contribution in [-0.4, -0.2) is 49.1 Å². The second-order valence-electron chi connectivity index (χ2n) is 7.41. The van der Waals surface area contributed by atoms with Crippen molar-refractivity contribution in [2.75, 3.05) is 18.4 Å². The summed E-state index contributed by atoms with van der Waals surface area (Å²) in [5.74, 6) is -1.53. The summed E-state index contributed by atoms with van der Waals surface area (Å²) in [5.41, 5.74) is -0.510. The Hall–Kier alpha value is -2.13. The number of piperidine rings is 1. The fraction of sp³-hybridized carbons (Fsp3) is 0.529. The highest BCUT2D eigenvalue weighted by Crippen LogP contribution is 2.24. The first-order valence-corrected chi connectivity index (χ1v) is 9.90. The minimum absolute atomic E-state index is 0.0323. The molecule has 1 aromatic carbocycles. The first kappa shape index (κ1) is 20.2. The van der Waals surface area contributed by atoms with Gasteiger partial charge in [-0.05, 0) is 45.7 Å². The maximum absolute atomic E-state index is 12.6. The van der Waals surface area contributed by atoms with E-state index in [2.05, 4.69) is 10.0 Å². The number of nitrogens with zero attached hydrogens (tertiary/aromatic N) is 1. The smallest absolute Gasteiger partial charge is 0.321 e. The predicted molar refractivity (Wildman–Crippen MR) is 97.5 cm³/mol. The summed E-state index contributed by atoms with van der Waals surface area (Å²) in [6, 6.07) is 5.62. The number of carboxylic acid groups (broad SMARTS) is 1. The van der Waals surface area contributed by atoms with Crippen LogP contribution in [0.5, 0.6) is 0 Å². The molecule has 0 saturated carbocycles. The molecule has 8 nitrogen and oxygen atoms in total. The number of sulfonamides is 1. The van der Waals surface area contributed by atoms with Gasteiger partial charge in [-0.25, -0.2) is 17.9 Å². The molecule has 9 heteroatoms. The zero-order valence-electron chi connectivity index (χ0n) is 15.2. The predicted octanol–water partition coefficient (Wildman–Crippen LogP) is 2.09. The van der Waals surface area contributed by atoms with E-state index in [-0.39, 0.29) is 17.1 Å². The van der Waals surface area contributed by atoms with E-state index in [4.69, 9.17) is 5.11 Å². The van der Waals surface area contributed by atoms with E-state index in [0.717, 1.165) is 0 Å². The average molecular weight is 383 g/mol. The second kappa shape index (κ2) is 7.63. The van der Waals surface area contributed by atoms with Gasteiger partial charge in [-0.2, -0.15) is 0 Å².